The fourth-order valence-corrected chi connectivity index (χ4v) is 2.22. The zero-order chi connectivity index (χ0) is 16.4. The summed E-state index contributed by atoms with van der Waals surface area (Å²) < 4.78 is 21.1. The molecule has 2 aromatic heterocycles. The Morgan fingerprint density at radius 2 is 2.22 bits per heavy atom. The van der Waals surface area contributed by atoms with Crippen molar-refractivity contribution in [3.8, 4) is 0 Å². The molecule has 0 amide bonds. The molecule has 3 rings (SSSR count). The lowest BCUT2D eigenvalue weighted by molar-refractivity contribution is 0.0966. The molecule has 0 unspecified atom stereocenters. The van der Waals surface area contributed by atoms with E-state index in [2.05, 4.69) is 10.5 Å². The first-order valence-corrected chi connectivity index (χ1v) is 7.00. The largest absolute Gasteiger partial charge is 0.447 e. The summed E-state index contributed by atoms with van der Waals surface area (Å²) in [6.07, 6.45) is 1.49. The Kier molecular flexibility index (Phi) is 3.94. The second kappa shape index (κ2) is 6.05. The van der Waals surface area contributed by atoms with Crippen LogP contribution in [-0.2, 0) is 6.54 Å². The van der Waals surface area contributed by atoms with Gasteiger partial charge in [0.05, 0.1) is 6.26 Å². The van der Waals surface area contributed by atoms with E-state index < -0.39 is 5.82 Å². The molecule has 118 valence electrons. The average molecular weight is 333 g/mol. The van der Waals surface area contributed by atoms with Crippen molar-refractivity contribution in [3.05, 3.63) is 58.8 Å². The van der Waals surface area contributed by atoms with Crippen molar-refractivity contribution in [2.24, 2.45) is 0 Å². The Bertz CT molecular complexity index is 900. The lowest BCUT2D eigenvalue weighted by atomic mass is 10.1. The highest BCUT2D eigenvalue weighted by Crippen LogP contribution is 2.11. The monoisotopic (exact) mass is 333 g/mol. The maximum Gasteiger partial charge on any atom is 0.240 e. The van der Waals surface area contributed by atoms with Gasteiger partial charge in [0.2, 0.25) is 16.6 Å². The fraction of sp³-hybridized carbons (Fsp3) is 0.0714. The molecule has 1 aromatic carbocycles. The first-order valence-electron chi connectivity index (χ1n) is 6.59. The molecule has 2 heterocycles. The van der Waals surface area contributed by atoms with Gasteiger partial charge in [-0.05, 0) is 30.4 Å². The Morgan fingerprint density at radius 3 is 2.91 bits per heavy atom. The summed E-state index contributed by atoms with van der Waals surface area (Å²) in [4.78, 5) is 12.2. The summed E-state index contributed by atoms with van der Waals surface area (Å²) >= 11 is 5.23. The predicted molar refractivity (Wildman–Crippen MR) is 83.9 cm³/mol. The van der Waals surface area contributed by atoms with Crippen molar-refractivity contribution in [3.63, 3.8) is 0 Å². The number of nitrogens with one attached hydrogen (secondary N) is 1. The number of hydrogen-bond acceptors (Lipinski definition) is 6. The molecule has 0 bridgehead atoms. The topological polar surface area (TPSA) is 91.0 Å². The van der Waals surface area contributed by atoms with Crippen LogP contribution in [0, 0.1) is 10.6 Å². The summed E-state index contributed by atoms with van der Waals surface area (Å²) in [7, 11) is 0. The second-order valence-electron chi connectivity index (χ2n) is 4.66. The van der Waals surface area contributed by atoms with Gasteiger partial charge in [-0.1, -0.05) is 12.1 Å². The van der Waals surface area contributed by atoms with Crippen molar-refractivity contribution in [1.29, 1.82) is 0 Å². The molecule has 0 aliphatic heterocycles. The van der Waals surface area contributed by atoms with Crippen molar-refractivity contribution in [1.82, 2.24) is 14.5 Å². The number of hydrogen-bond donors (Lipinski definition) is 2. The summed E-state index contributed by atoms with van der Waals surface area (Å²) in [5.41, 5.74) is 8.85. The minimum absolute atomic E-state index is 0.0680. The molecular formula is C14H12FN5O2S. The molecule has 0 atom stereocenters. The molecule has 0 spiro atoms. The minimum atomic E-state index is -0.482. The van der Waals surface area contributed by atoms with Crippen LogP contribution in [0.25, 0.3) is 0 Å². The number of anilines is 2. The number of aromatic nitrogens is 3. The van der Waals surface area contributed by atoms with Crippen molar-refractivity contribution < 1.29 is 13.6 Å². The highest BCUT2D eigenvalue weighted by Gasteiger charge is 2.13. The normalized spacial score (nSPS) is 10.7. The number of carbonyl (C=O) groups excluding carboxylic acids is 1. The zero-order valence-electron chi connectivity index (χ0n) is 11.8. The van der Waals surface area contributed by atoms with Crippen LogP contribution in [0.5, 0.6) is 0 Å². The number of ketones is 1. The molecule has 0 saturated carbocycles. The van der Waals surface area contributed by atoms with Gasteiger partial charge in [0.15, 0.2) is 5.78 Å². The number of nitrogens with two attached hydrogens (primary N) is 1. The van der Waals surface area contributed by atoms with Crippen molar-refractivity contribution in [2.45, 2.75) is 6.54 Å². The van der Waals surface area contributed by atoms with Crippen LogP contribution in [-0.4, -0.2) is 20.2 Å². The maximum atomic E-state index is 13.2. The van der Waals surface area contributed by atoms with Gasteiger partial charge >= 0.3 is 0 Å². The van der Waals surface area contributed by atoms with Crippen LogP contribution >= 0.6 is 12.2 Å². The number of nitrogens with zero attached hydrogens (tertiary/aromatic N) is 3. The van der Waals surface area contributed by atoms with E-state index in [1.54, 1.807) is 12.1 Å². The van der Waals surface area contributed by atoms with E-state index in [1.165, 1.54) is 33.8 Å². The minimum Gasteiger partial charge on any atom is -0.447 e. The van der Waals surface area contributed by atoms with Crippen LogP contribution < -0.4 is 11.2 Å². The highest BCUT2D eigenvalue weighted by atomic mass is 32.1. The lowest BCUT2D eigenvalue weighted by Crippen LogP contribution is -2.14. The van der Waals surface area contributed by atoms with Gasteiger partial charge in [0, 0.05) is 11.6 Å². The summed E-state index contributed by atoms with van der Waals surface area (Å²) in [5, 5.41) is 4.01. The van der Waals surface area contributed by atoms with Gasteiger partial charge in [-0.2, -0.15) is 4.68 Å². The number of halogens is 1. The molecule has 3 N–H and O–H groups in total. The van der Waals surface area contributed by atoms with Gasteiger partial charge in [0.1, 0.15) is 12.4 Å². The number of Topliss-reactive ketones (excluding diaryl/α,β-unsaturated/α-hetero) is 1. The third-order valence-corrected chi connectivity index (χ3v) is 3.44. The fourth-order valence-electron chi connectivity index (χ4n) is 1.97. The van der Waals surface area contributed by atoms with E-state index >= 15 is 0 Å². The number of carbonyl (C=O) groups is 1. The van der Waals surface area contributed by atoms with Gasteiger partial charge in [-0.3, -0.25) is 10.2 Å². The van der Waals surface area contributed by atoms with E-state index in [4.69, 9.17) is 22.4 Å². The zero-order valence-corrected chi connectivity index (χ0v) is 12.6. The van der Waals surface area contributed by atoms with E-state index in [1.807, 2.05) is 0 Å². The van der Waals surface area contributed by atoms with Crippen LogP contribution in [0.3, 0.4) is 0 Å². The average Bonchev–Trinajstić information content (AvgIpc) is 3.12. The molecule has 9 heteroatoms. The Labute approximate surface area is 135 Å². The predicted octanol–water partition coefficient (Wildman–Crippen LogP) is 2.49. The molecule has 3 aromatic rings. The number of nitrogen functional groups attached to an aromatic ring is 1. The van der Waals surface area contributed by atoms with Crippen LogP contribution in [0.1, 0.15) is 10.4 Å². The highest BCUT2D eigenvalue weighted by molar-refractivity contribution is 7.71. The third-order valence-electron chi connectivity index (χ3n) is 3.05. The molecule has 0 radical (unpaired) electrons. The molecule has 0 aliphatic carbocycles. The molecule has 0 aliphatic rings. The first kappa shape index (κ1) is 15.0. The Balaban J connectivity index is 1.84. The molecule has 0 saturated heterocycles. The second-order valence-corrected chi connectivity index (χ2v) is 5.02. The van der Waals surface area contributed by atoms with Gasteiger partial charge in [-0.15, -0.1) is 5.10 Å². The number of furan rings is 1. The maximum absolute atomic E-state index is 13.2. The van der Waals surface area contributed by atoms with Gasteiger partial charge in [-0.25, -0.2) is 9.07 Å². The number of rotatable bonds is 5. The van der Waals surface area contributed by atoms with Crippen LogP contribution in [0.15, 0.2) is 47.1 Å². The first-order chi connectivity index (χ1) is 11.0. The standard InChI is InChI=1S/C14H12FN5O2S/c15-10-4-1-3-9(7-10)11(21)8-19-14(23)20(13(16)18-19)17-12-5-2-6-22-12/h1-7,17H,8H2,(H2,16,18). The third kappa shape index (κ3) is 3.14. The van der Waals surface area contributed by atoms with E-state index in [0.29, 0.717) is 5.88 Å². The van der Waals surface area contributed by atoms with E-state index in [0.717, 1.165) is 6.07 Å². The van der Waals surface area contributed by atoms with Gasteiger partial charge < -0.3 is 10.2 Å². The van der Waals surface area contributed by atoms with Crippen molar-refractivity contribution >= 4 is 29.8 Å². The van der Waals surface area contributed by atoms with E-state index in [9.17, 15) is 9.18 Å². The molecule has 23 heavy (non-hydrogen) atoms. The quantitative estimate of drug-likeness (QED) is 0.551. The molecule has 0 fully saturated rings. The summed E-state index contributed by atoms with van der Waals surface area (Å²) in [6, 6.07) is 8.79. The SMILES string of the molecule is Nc1nn(CC(=O)c2cccc(F)c2)c(=S)n1Nc1ccco1. The van der Waals surface area contributed by atoms with Crippen molar-refractivity contribution in [2.75, 3.05) is 11.2 Å². The summed E-state index contributed by atoms with van der Waals surface area (Å²) in [5.74, 6) is -0.325. The number of benzene rings is 1. The van der Waals surface area contributed by atoms with Crippen LogP contribution in [0.2, 0.25) is 0 Å². The van der Waals surface area contributed by atoms with Crippen LogP contribution in [0.4, 0.5) is 16.2 Å². The lowest BCUT2D eigenvalue weighted by Gasteiger charge is -2.04. The smallest absolute Gasteiger partial charge is 0.240 e. The molecular weight excluding hydrogens is 321 g/mol. The Morgan fingerprint density at radius 1 is 1.39 bits per heavy atom. The summed E-state index contributed by atoms with van der Waals surface area (Å²) in [6.45, 7) is -0.153. The molecule has 7 nitrogen and oxygen atoms in total. The van der Waals surface area contributed by atoms with Gasteiger partial charge in [0.25, 0.3) is 0 Å². The Hall–Kier alpha value is -2.94. The van der Waals surface area contributed by atoms with E-state index in [-0.39, 0.29) is 28.6 Å².